The lowest BCUT2D eigenvalue weighted by atomic mass is 9.70. The lowest BCUT2D eigenvalue weighted by Gasteiger charge is -2.33. The number of hydrogen-bond acceptors (Lipinski definition) is 2. The number of rotatable bonds is 6. The predicted octanol–water partition coefficient (Wildman–Crippen LogP) is 16.6. The zero-order valence-corrected chi connectivity index (χ0v) is 37.6. The second-order valence-electron chi connectivity index (χ2n) is 18.3. The van der Waals surface area contributed by atoms with Crippen LogP contribution in [0.5, 0.6) is 0 Å². The van der Waals surface area contributed by atoms with Crippen LogP contribution in [0.3, 0.4) is 0 Å². The fourth-order valence-electron chi connectivity index (χ4n) is 11.2. The van der Waals surface area contributed by atoms with Crippen LogP contribution in [0.4, 0.5) is 34.1 Å². The summed E-state index contributed by atoms with van der Waals surface area (Å²) in [7, 11) is 0. The Kier molecular flexibility index (Phi) is 8.89. The Hall–Kier alpha value is -7.16. The SMILES string of the molecule is Cc1ccc(N(c2ccc3c(c2)C2(c4ccccc4-c4ccccc42)c2cc4cc(N(c5ccc(C)cc5C)c5ccc(C)cc5C)ccc4cc2-3)c2ccc(C)cc2C)c(C)c1. The molecule has 1 spiro atoms. The molecule has 11 rings (SSSR count). The molecule has 2 aliphatic rings. The average Bonchev–Trinajstić information content (AvgIpc) is 3.72. The van der Waals surface area contributed by atoms with E-state index >= 15 is 0 Å². The monoisotopic (exact) mass is 812 g/mol. The Morgan fingerprint density at radius 2 is 0.683 bits per heavy atom. The Bertz CT molecular complexity index is 3200. The normalized spacial score (nSPS) is 12.9. The van der Waals surface area contributed by atoms with Crippen molar-refractivity contribution in [3.8, 4) is 22.3 Å². The number of hydrogen-bond donors (Lipinski definition) is 0. The average molecular weight is 813 g/mol. The van der Waals surface area contributed by atoms with Gasteiger partial charge in [0.25, 0.3) is 0 Å². The maximum atomic E-state index is 2.53. The molecule has 0 aromatic heterocycles. The van der Waals surface area contributed by atoms with Gasteiger partial charge >= 0.3 is 0 Å². The van der Waals surface area contributed by atoms with Crippen molar-refractivity contribution < 1.29 is 0 Å². The first-order valence-electron chi connectivity index (χ1n) is 22.3. The van der Waals surface area contributed by atoms with Gasteiger partial charge in [-0.1, -0.05) is 131 Å². The van der Waals surface area contributed by atoms with Gasteiger partial charge in [-0.15, -0.1) is 0 Å². The van der Waals surface area contributed by atoms with E-state index in [1.165, 1.54) is 123 Å². The zero-order chi connectivity index (χ0) is 43.3. The van der Waals surface area contributed by atoms with Crippen LogP contribution in [0.1, 0.15) is 66.8 Å². The highest BCUT2D eigenvalue weighted by atomic mass is 15.2. The molecule has 2 nitrogen and oxygen atoms in total. The van der Waals surface area contributed by atoms with Gasteiger partial charge < -0.3 is 9.80 Å². The third kappa shape index (κ3) is 5.92. The van der Waals surface area contributed by atoms with Crippen LogP contribution < -0.4 is 9.80 Å². The van der Waals surface area contributed by atoms with Crippen LogP contribution in [0, 0.1) is 55.4 Å². The van der Waals surface area contributed by atoms with Gasteiger partial charge in [0.2, 0.25) is 0 Å². The van der Waals surface area contributed by atoms with Crippen molar-refractivity contribution in [2.45, 2.75) is 60.8 Å². The minimum absolute atomic E-state index is 0.519. The summed E-state index contributed by atoms with van der Waals surface area (Å²) in [6.45, 7) is 17.7. The lowest BCUT2D eigenvalue weighted by molar-refractivity contribution is 0.795. The minimum Gasteiger partial charge on any atom is -0.310 e. The van der Waals surface area contributed by atoms with E-state index in [0.717, 1.165) is 11.4 Å². The first-order chi connectivity index (χ1) is 30.5. The molecular formula is C61H52N2. The summed E-state index contributed by atoms with van der Waals surface area (Å²) in [5.41, 5.74) is 27.2. The molecule has 0 fully saturated rings. The molecule has 0 heterocycles. The van der Waals surface area contributed by atoms with Crippen LogP contribution >= 0.6 is 0 Å². The first-order valence-corrected chi connectivity index (χ1v) is 22.3. The molecule has 0 saturated heterocycles. The molecule has 0 amide bonds. The summed E-state index contributed by atoms with van der Waals surface area (Å²) in [4.78, 5) is 4.95. The van der Waals surface area contributed by atoms with E-state index in [4.69, 9.17) is 0 Å². The fraction of sp³-hybridized carbons (Fsp3) is 0.148. The van der Waals surface area contributed by atoms with E-state index in [-0.39, 0.29) is 0 Å². The van der Waals surface area contributed by atoms with Crippen molar-refractivity contribution in [1.29, 1.82) is 0 Å². The topological polar surface area (TPSA) is 6.48 Å². The van der Waals surface area contributed by atoms with Crippen LogP contribution in [0.25, 0.3) is 33.0 Å². The van der Waals surface area contributed by atoms with Crippen molar-refractivity contribution >= 4 is 44.9 Å². The van der Waals surface area contributed by atoms with Gasteiger partial charge in [0.05, 0.1) is 5.41 Å². The van der Waals surface area contributed by atoms with E-state index in [9.17, 15) is 0 Å². The molecule has 2 aliphatic carbocycles. The van der Waals surface area contributed by atoms with Gasteiger partial charge in [-0.25, -0.2) is 0 Å². The zero-order valence-electron chi connectivity index (χ0n) is 37.6. The van der Waals surface area contributed by atoms with E-state index in [2.05, 4.69) is 235 Å². The van der Waals surface area contributed by atoms with E-state index in [1.807, 2.05) is 0 Å². The highest BCUT2D eigenvalue weighted by Crippen LogP contribution is 2.64. The van der Waals surface area contributed by atoms with Crippen molar-refractivity contribution in [3.05, 3.63) is 237 Å². The highest BCUT2D eigenvalue weighted by molar-refractivity contribution is 6.02. The molecule has 0 N–H and O–H groups in total. The summed E-state index contributed by atoms with van der Waals surface area (Å²) in [6, 6.07) is 65.0. The second kappa shape index (κ2) is 14.5. The maximum absolute atomic E-state index is 2.53. The largest absolute Gasteiger partial charge is 0.310 e. The maximum Gasteiger partial charge on any atom is 0.0726 e. The number of fused-ring (bicyclic) bond motifs is 11. The quantitative estimate of drug-likeness (QED) is 0.165. The van der Waals surface area contributed by atoms with Crippen molar-refractivity contribution in [1.82, 2.24) is 0 Å². The molecule has 0 aliphatic heterocycles. The molecule has 0 saturated carbocycles. The smallest absolute Gasteiger partial charge is 0.0726 e. The predicted molar refractivity (Wildman–Crippen MR) is 268 cm³/mol. The summed E-state index contributed by atoms with van der Waals surface area (Å²) in [5.74, 6) is 0. The molecule has 0 unspecified atom stereocenters. The number of nitrogens with zero attached hydrogens (tertiary/aromatic N) is 2. The van der Waals surface area contributed by atoms with E-state index in [0.29, 0.717) is 0 Å². The highest BCUT2D eigenvalue weighted by Gasteiger charge is 2.52. The van der Waals surface area contributed by atoms with Gasteiger partial charge in [-0.3, -0.25) is 0 Å². The Morgan fingerprint density at radius 3 is 1.14 bits per heavy atom. The molecule has 0 atom stereocenters. The van der Waals surface area contributed by atoms with Crippen LogP contribution in [0.2, 0.25) is 0 Å². The van der Waals surface area contributed by atoms with Gasteiger partial charge in [0, 0.05) is 34.1 Å². The van der Waals surface area contributed by atoms with E-state index < -0.39 is 5.41 Å². The molecule has 0 bridgehead atoms. The fourth-order valence-corrected chi connectivity index (χ4v) is 11.2. The third-order valence-corrected chi connectivity index (χ3v) is 13.9. The molecule has 9 aromatic rings. The van der Waals surface area contributed by atoms with Crippen molar-refractivity contribution in [2.75, 3.05) is 9.80 Å². The van der Waals surface area contributed by atoms with Crippen LogP contribution in [-0.2, 0) is 5.41 Å². The molecule has 9 aromatic carbocycles. The number of benzene rings is 9. The van der Waals surface area contributed by atoms with Crippen LogP contribution in [-0.4, -0.2) is 0 Å². The standard InChI is InChI=1S/C61H52N2/c1-37-17-25-57(41(5)29-37)62(58-26-18-38(2)30-42(58)6)47-22-21-45-34-52-51-24-23-48(63(59-27-19-39(3)31-43(59)7)60-28-20-40(4)32-44(60)8)36-56(51)61(55(52)35-46(45)33-47)53-15-11-9-13-49(53)50-14-10-12-16-54(50)61/h9-36H,1-8H3. The lowest BCUT2D eigenvalue weighted by Crippen LogP contribution is -2.26. The molecule has 2 heteroatoms. The Morgan fingerprint density at radius 1 is 0.286 bits per heavy atom. The number of anilines is 6. The molecular weight excluding hydrogens is 761 g/mol. The second-order valence-corrected chi connectivity index (χ2v) is 18.3. The molecule has 306 valence electrons. The van der Waals surface area contributed by atoms with Crippen LogP contribution in [0.15, 0.2) is 170 Å². The van der Waals surface area contributed by atoms with Gasteiger partial charge in [-0.05, 0) is 194 Å². The van der Waals surface area contributed by atoms with E-state index in [1.54, 1.807) is 0 Å². The third-order valence-electron chi connectivity index (χ3n) is 13.9. The molecule has 63 heavy (non-hydrogen) atoms. The van der Waals surface area contributed by atoms with Gasteiger partial charge in [0.15, 0.2) is 0 Å². The molecule has 0 radical (unpaired) electrons. The summed E-state index contributed by atoms with van der Waals surface area (Å²) in [5, 5.41) is 2.46. The Labute approximate surface area is 372 Å². The van der Waals surface area contributed by atoms with Crippen molar-refractivity contribution in [3.63, 3.8) is 0 Å². The summed E-state index contributed by atoms with van der Waals surface area (Å²) >= 11 is 0. The Balaban J connectivity index is 1.18. The van der Waals surface area contributed by atoms with Crippen molar-refractivity contribution in [2.24, 2.45) is 0 Å². The summed E-state index contributed by atoms with van der Waals surface area (Å²) < 4.78 is 0. The number of aryl methyl sites for hydroxylation is 8. The first kappa shape index (κ1) is 38.7. The summed E-state index contributed by atoms with van der Waals surface area (Å²) in [6.07, 6.45) is 0. The van der Waals surface area contributed by atoms with Gasteiger partial charge in [-0.2, -0.15) is 0 Å². The van der Waals surface area contributed by atoms with Gasteiger partial charge in [0.1, 0.15) is 0 Å². The minimum atomic E-state index is -0.519.